The van der Waals surface area contributed by atoms with Crippen LogP contribution in [0.3, 0.4) is 0 Å². The summed E-state index contributed by atoms with van der Waals surface area (Å²) in [6.07, 6.45) is 0. The van der Waals surface area contributed by atoms with Crippen molar-refractivity contribution < 1.29 is 4.79 Å². The van der Waals surface area contributed by atoms with Gasteiger partial charge < -0.3 is 10.3 Å². The van der Waals surface area contributed by atoms with Crippen LogP contribution in [0.4, 0.5) is 0 Å². The van der Waals surface area contributed by atoms with E-state index < -0.39 is 0 Å². The highest BCUT2D eigenvalue weighted by atomic mass is 35.5. The second-order valence-corrected chi connectivity index (χ2v) is 5.90. The summed E-state index contributed by atoms with van der Waals surface area (Å²) in [5.41, 5.74) is 2.08. The van der Waals surface area contributed by atoms with Gasteiger partial charge in [-0.25, -0.2) is 0 Å². The molecule has 2 N–H and O–H groups in total. The van der Waals surface area contributed by atoms with Gasteiger partial charge in [0.05, 0.1) is 10.6 Å². The van der Waals surface area contributed by atoms with Gasteiger partial charge in [0.2, 0.25) is 0 Å². The van der Waals surface area contributed by atoms with Crippen molar-refractivity contribution in [3.8, 4) is 0 Å². The quantitative estimate of drug-likeness (QED) is 0.811. The van der Waals surface area contributed by atoms with Crippen LogP contribution in [-0.2, 0) is 0 Å². The number of nitrogens with one attached hydrogen (secondary N) is 2. The molecule has 0 radical (unpaired) electrons. The normalized spacial score (nSPS) is 11.8. The first-order valence-electron chi connectivity index (χ1n) is 5.89. The van der Waals surface area contributed by atoms with Gasteiger partial charge in [-0.15, -0.1) is 0 Å². The topological polar surface area (TPSA) is 44.9 Å². The van der Waals surface area contributed by atoms with Crippen LogP contribution in [0.15, 0.2) is 18.2 Å². The Kier molecular flexibility index (Phi) is 3.11. The van der Waals surface area contributed by atoms with Crippen molar-refractivity contribution in [3.63, 3.8) is 0 Å². The Labute approximate surface area is 112 Å². The molecule has 3 nitrogen and oxygen atoms in total. The minimum atomic E-state index is -0.269. The molecule has 0 saturated carbocycles. The van der Waals surface area contributed by atoms with E-state index in [0.717, 1.165) is 16.6 Å². The fraction of sp³-hybridized carbons (Fsp3) is 0.357. The largest absolute Gasteiger partial charge is 0.358 e. The second-order valence-electron chi connectivity index (χ2n) is 5.49. The molecule has 4 heteroatoms. The van der Waals surface area contributed by atoms with E-state index in [4.69, 9.17) is 11.6 Å². The molecule has 18 heavy (non-hydrogen) atoms. The second kappa shape index (κ2) is 4.32. The van der Waals surface area contributed by atoms with Gasteiger partial charge in [-0.1, -0.05) is 17.7 Å². The smallest absolute Gasteiger partial charge is 0.254 e. The molecule has 0 atom stereocenters. The Balaban J connectivity index is 2.57. The molecule has 0 fully saturated rings. The third kappa shape index (κ3) is 2.36. The van der Waals surface area contributed by atoms with Gasteiger partial charge in [0.15, 0.2) is 0 Å². The lowest BCUT2D eigenvalue weighted by Crippen LogP contribution is -2.40. The molecule has 1 amide bonds. The van der Waals surface area contributed by atoms with Crippen LogP contribution in [0, 0.1) is 6.92 Å². The number of fused-ring (bicyclic) bond motifs is 1. The number of aromatic nitrogens is 1. The fourth-order valence-electron chi connectivity index (χ4n) is 2.02. The summed E-state index contributed by atoms with van der Waals surface area (Å²) in [6.45, 7) is 7.75. The Morgan fingerprint density at radius 3 is 2.61 bits per heavy atom. The zero-order valence-corrected chi connectivity index (χ0v) is 11.8. The Bertz CT molecular complexity index is 608. The average molecular weight is 265 g/mol. The molecule has 0 saturated heterocycles. The van der Waals surface area contributed by atoms with E-state index in [-0.39, 0.29) is 11.4 Å². The van der Waals surface area contributed by atoms with Gasteiger partial charge in [0.1, 0.15) is 0 Å². The Hall–Kier alpha value is -1.48. The van der Waals surface area contributed by atoms with E-state index in [1.807, 2.05) is 39.8 Å². The summed E-state index contributed by atoms with van der Waals surface area (Å²) in [7, 11) is 0. The van der Waals surface area contributed by atoms with Crippen molar-refractivity contribution in [2.75, 3.05) is 0 Å². The molecule has 0 aliphatic heterocycles. The van der Waals surface area contributed by atoms with E-state index in [1.54, 1.807) is 6.07 Å². The maximum Gasteiger partial charge on any atom is 0.254 e. The van der Waals surface area contributed by atoms with Gasteiger partial charge >= 0.3 is 0 Å². The molecule has 1 heterocycles. The lowest BCUT2D eigenvalue weighted by molar-refractivity contribution is 0.0920. The van der Waals surface area contributed by atoms with Crippen LogP contribution < -0.4 is 5.32 Å². The molecule has 2 aromatic rings. The van der Waals surface area contributed by atoms with Gasteiger partial charge in [-0.3, -0.25) is 4.79 Å². The molecule has 1 aromatic carbocycles. The predicted molar refractivity (Wildman–Crippen MR) is 75.3 cm³/mol. The summed E-state index contributed by atoms with van der Waals surface area (Å²) < 4.78 is 0. The predicted octanol–water partition coefficient (Wildman–Crippen LogP) is 3.66. The van der Waals surface area contributed by atoms with E-state index in [2.05, 4.69) is 10.3 Å². The molecule has 0 bridgehead atoms. The zero-order valence-electron chi connectivity index (χ0n) is 11.0. The fourth-order valence-corrected chi connectivity index (χ4v) is 2.29. The number of halogens is 1. The van der Waals surface area contributed by atoms with E-state index in [1.165, 1.54) is 0 Å². The number of aromatic amines is 1. The number of aryl methyl sites for hydroxylation is 1. The van der Waals surface area contributed by atoms with Crippen molar-refractivity contribution in [1.29, 1.82) is 0 Å². The molecule has 1 aromatic heterocycles. The van der Waals surface area contributed by atoms with Crippen LogP contribution in [0.25, 0.3) is 10.9 Å². The first kappa shape index (κ1) is 13.0. The SMILES string of the molecule is Cc1[nH]c2cccc(Cl)c2c1C(=O)NC(C)(C)C. The Morgan fingerprint density at radius 2 is 2.00 bits per heavy atom. The van der Waals surface area contributed by atoms with Crippen molar-refractivity contribution in [2.45, 2.75) is 33.2 Å². The van der Waals surface area contributed by atoms with E-state index in [0.29, 0.717) is 10.6 Å². The summed E-state index contributed by atoms with van der Waals surface area (Å²) in [4.78, 5) is 15.5. The summed E-state index contributed by atoms with van der Waals surface area (Å²) in [6, 6.07) is 5.58. The minimum Gasteiger partial charge on any atom is -0.358 e. The third-order valence-electron chi connectivity index (χ3n) is 2.68. The molecule has 2 rings (SSSR count). The van der Waals surface area contributed by atoms with E-state index in [9.17, 15) is 4.79 Å². The van der Waals surface area contributed by atoms with Crippen molar-refractivity contribution in [2.24, 2.45) is 0 Å². The van der Waals surface area contributed by atoms with Crippen molar-refractivity contribution >= 4 is 28.4 Å². The molecule has 0 aliphatic rings. The molecule has 0 aliphatic carbocycles. The van der Waals surface area contributed by atoms with Crippen molar-refractivity contribution in [3.05, 3.63) is 34.5 Å². The monoisotopic (exact) mass is 264 g/mol. The number of hydrogen-bond donors (Lipinski definition) is 2. The number of carbonyl (C=O) groups is 1. The Morgan fingerprint density at radius 1 is 1.33 bits per heavy atom. The summed E-state index contributed by atoms with van der Waals surface area (Å²) >= 11 is 6.19. The number of benzene rings is 1. The molecule has 96 valence electrons. The minimum absolute atomic E-state index is 0.0978. The highest BCUT2D eigenvalue weighted by molar-refractivity contribution is 6.37. The number of H-pyrrole nitrogens is 1. The number of rotatable bonds is 1. The first-order chi connectivity index (χ1) is 8.29. The van der Waals surface area contributed by atoms with Gasteiger partial charge in [-0.05, 0) is 39.8 Å². The van der Waals surface area contributed by atoms with E-state index >= 15 is 0 Å². The lowest BCUT2D eigenvalue weighted by atomic mass is 10.1. The van der Waals surface area contributed by atoms with Gasteiger partial charge in [0, 0.05) is 22.1 Å². The number of amides is 1. The van der Waals surface area contributed by atoms with Crippen molar-refractivity contribution in [1.82, 2.24) is 10.3 Å². The standard InChI is InChI=1S/C14H17ClN2O/c1-8-11(13(18)17-14(2,3)4)12-9(15)6-5-7-10(12)16-8/h5-7,16H,1-4H3,(H,17,18). The molecular formula is C14H17ClN2O. The lowest BCUT2D eigenvalue weighted by Gasteiger charge is -2.20. The average Bonchev–Trinajstić information content (AvgIpc) is 2.53. The van der Waals surface area contributed by atoms with Crippen LogP contribution in [-0.4, -0.2) is 16.4 Å². The molecular weight excluding hydrogens is 248 g/mol. The third-order valence-corrected chi connectivity index (χ3v) is 2.99. The molecule has 0 unspecified atom stereocenters. The number of hydrogen-bond acceptors (Lipinski definition) is 1. The van der Waals surface area contributed by atoms with Crippen LogP contribution >= 0.6 is 11.6 Å². The zero-order chi connectivity index (χ0) is 13.5. The van der Waals surface area contributed by atoms with Gasteiger partial charge in [0.25, 0.3) is 5.91 Å². The van der Waals surface area contributed by atoms with Crippen LogP contribution in [0.1, 0.15) is 36.8 Å². The highest BCUT2D eigenvalue weighted by Crippen LogP contribution is 2.29. The first-order valence-corrected chi connectivity index (χ1v) is 6.27. The maximum absolute atomic E-state index is 12.3. The van der Waals surface area contributed by atoms with Crippen LogP contribution in [0.5, 0.6) is 0 Å². The summed E-state index contributed by atoms with van der Waals surface area (Å²) in [5.74, 6) is -0.0978. The molecule has 0 spiro atoms. The van der Waals surface area contributed by atoms with Crippen LogP contribution in [0.2, 0.25) is 5.02 Å². The number of carbonyl (C=O) groups excluding carboxylic acids is 1. The maximum atomic E-state index is 12.3. The highest BCUT2D eigenvalue weighted by Gasteiger charge is 2.21. The summed E-state index contributed by atoms with van der Waals surface area (Å²) in [5, 5.41) is 4.35. The van der Waals surface area contributed by atoms with Gasteiger partial charge in [-0.2, -0.15) is 0 Å².